The van der Waals surface area contributed by atoms with Crippen molar-refractivity contribution in [2.45, 2.75) is 393 Å². The fraction of sp³-hybridized carbons (Fsp3) is 0.893. The maximum absolute atomic E-state index is 13.1. The van der Waals surface area contributed by atoms with Gasteiger partial charge < -0.3 is 33.8 Å². The molecule has 0 aromatic heterocycles. The zero-order chi connectivity index (χ0) is 69.0. The number of aliphatic hydroxyl groups excluding tert-OH is 1. The van der Waals surface area contributed by atoms with E-state index in [1.165, 1.54) is 193 Å². The molecule has 0 aliphatic carbocycles. The first kappa shape index (κ1) is 91.5. The molecule has 19 heteroatoms. The summed E-state index contributed by atoms with van der Waals surface area (Å²) in [5.74, 6) is -2.14. The molecule has 0 aliphatic rings. The van der Waals surface area contributed by atoms with Gasteiger partial charge in [0.05, 0.1) is 26.4 Å². The maximum Gasteiger partial charge on any atom is 0.472 e. The van der Waals surface area contributed by atoms with E-state index in [4.69, 9.17) is 37.0 Å². The molecule has 2 unspecified atom stereocenters. The van der Waals surface area contributed by atoms with Gasteiger partial charge in [0.15, 0.2) is 12.2 Å². The molecule has 0 fully saturated rings. The van der Waals surface area contributed by atoms with Gasteiger partial charge in [0.25, 0.3) is 0 Å². The monoisotopic (exact) mass is 1380 g/mol. The minimum Gasteiger partial charge on any atom is -0.462 e. The van der Waals surface area contributed by atoms with E-state index < -0.39 is 97.5 Å². The fourth-order valence-corrected chi connectivity index (χ4v) is 12.6. The first-order valence-corrected chi connectivity index (χ1v) is 41.6. The highest BCUT2D eigenvalue weighted by Crippen LogP contribution is 2.45. The van der Waals surface area contributed by atoms with E-state index in [0.29, 0.717) is 25.7 Å². The highest BCUT2D eigenvalue weighted by atomic mass is 31.2. The van der Waals surface area contributed by atoms with E-state index in [9.17, 15) is 43.2 Å². The molecular formula is C75H142O17P2. The largest absolute Gasteiger partial charge is 0.472 e. The van der Waals surface area contributed by atoms with Crippen molar-refractivity contribution in [3.63, 3.8) is 0 Å². The van der Waals surface area contributed by atoms with Crippen LogP contribution in [-0.2, 0) is 65.4 Å². The number of phosphoric acid groups is 2. The second-order valence-electron chi connectivity index (χ2n) is 26.4. The molecule has 0 heterocycles. The van der Waals surface area contributed by atoms with Crippen LogP contribution in [0.25, 0.3) is 0 Å². The van der Waals surface area contributed by atoms with Crippen LogP contribution in [0.2, 0.25) is 0 Å². The molecule has 0 radical (unpaired) electrons. The average molecular weight is 1380 g/mol. The second-order valence-corrected chi connectivity index (χ2v) is 29.3. The Kier molecular flexibility index (Phi) is 67.2. The third-order valence-electron chi connectivity index (χ3n) is 17.0. The lowest BCUT2D eigenvalue weighted by Crippen LogP contribution is -2.30. The minimum absolute atomic E-state index is 0.0860. The third-order valence-corrected chi connectivity index (χ3v) is 18.9. The Morgan fingerprint density at radius 2 is 0.511 bits per heavy atom. The summed E-state index contributed by atoms with van der Waals surface area (Å²) in [6, 6.07) is 0. The average Bonchev–Trinajstić information content (AvgIpc) is 1.38. The van der Waals surface area contributed by atoms with Crippen LogP contribution in [0.1, 0.15) is 374 Å². The Morgan fingerprint density at radius 1 is 0.298 bits per heavy atom. The van der Waals surface area contributed by atoms with Crippen LogP contribution in [0.15, 0.2) is 24.3 Å². The Balaban J connectivity index is 5.27. The molecule has 17 nitrogen and oxygen atoms in total. The van der Waals surface area contributed by atoms with E-state index in [1.807, 2.05) is 0 Å². The molecule has 0 aromatic rings. The lowest BCUT2D eigenvalue weighted by molar-refractivity contribution is -0.161. The van der Waals surface area contributed by atoms with Crippen LogP contribution in [0.3, 0.4) is 0 Å². The number of esters is 4. The summed E-state index contributed by atoms with van der Waals surface area (Å²) in [5.41, 5.74) is 0. The van der Waals surface area contributed by atoms with Crippen molar-refractivity contribution in [3.8, 4) is 0 Å². The molecule has 0 saturated heterocycles. The van der Waals surface area contributed by atoms with Crippen molar-refractivity contribution in [1.29, 1.82) is 0 Å². The predicted molar refractivity (Wildman–Crippen MR) is 381 cm³/mol. The molecule has 0 saturated carbocycles. The number of carbonyl (C=O) groups excluding carboxylic acids is 4. The molecular weight excluding hydrogens is 1230 g/mol. The summed E-state index contributed by atoms with van der Waals surface area (Å²) < 4.78 is 68.4. The van der Waals surface area contributed by atoms with Gasteiger partial charge in [-0.05, 0) is 51.4 Å². The van der Waals surface area contributed by atoms with Crippen LogP contribution >= 0.6 is 15.6 Å². The Bertz CT molecular complexity index is 1880. The van der Waals surface area contributed by atoms with Crippen LogP contribution in [0, 0.1) is 0 Å². The highest BCUT2D eigenvalue weighted by Gasteiger charge is 2.30. The number of ether oxygens (including phenoxy) is 4. The van der Waals surface area contributed by atoms with Gasteiger partial charge in [-0.1, -0.05) is 322 Å². The first-order valence-electron chi connectivity index (χ1n) is 38.6. The molecule has 3 N–H and O–H groups in total. The van der Waals surface area contributed by atoms with E-state index in [2.05, 4.69) is 52.0 Å². The van der Waals surface area contributed by atoms with E-state index in [-0.39, 0.29) is 25.7 Å². The van der Waals surface area contributed by atoms with E-state index in [0.717, 1.165) is 103 Å². The molecule has 0 bridgehead atoms. The number of hydrogen-bond donors (Lipinski definition) is 3. The van der Waals surface area contributed by atoms with Crippen molar-refractivity contribution >= 4 is 39.5 Å². The molecule has 5 atom stereocenters. The molecule has 0 rings (SSSR count). The molecule has 94 heavy (non-hydrogen) atoms. The normalized spacial score (nSPS) is 14.1. The van der Waals surface area contributed by atoms with Crippen molar-refractivity contribution in [1.82, 2.24) is 0 Å². The molecule has 0 aromatic carbocycles. The van der Waals surface area contributed by atoms with Crippen LogP contribution in [-0.4, -0.2) is 96.7 Å². The summed E-state index contributed by atoms with van der Waals surface area (Å²) in [7, 11) is -9.92. The summed E-state index contributed by atoms with van der Waals surface area (Å²) in [4.78, 5) is 72.7. The van der Waals surface area contributed by atoms with Crippen molar-refractivity contribution in [2.24, 2.45) is 0 Å². The zero-order valence-corrected chi connectivity index (χ0v) is 62.2. The minimum atomic E-state index is -4.96. The first-order chi connectivity index (χ1) is 45.7. The highest BCUT2D eigenvalue weighted by molar-refractivity contribution is 7.47. The number of hydrogen-bond acceptors (Lipinski definition) is 15. The van der Waals surface area contributed by atoms with Crippen LogP contribution in [0.5, 0.6) is 0 Å². The molecule has 0 aliphatic heterocycles. The van der Waals surface area contributed by atoms with Gasteiger partial charge in [0.2, 0.25) is 0 Å². The van der Waals surface area contributed by atoms with Gasteiger partial charge in [0.1, 0.15) is 19.3 Å². The quantitative estimate of drug-likeness (QED) is 0.0169. The Hall–Kier alpha value is -2.46. The van der Waals surface area contributed by atoms with Crippen molar-refractivity contribution in [3.05, 3.63) is 24.3 Å². The number of rotatable bonds is 74. The van der Waals surface area contributed by atoms with Gasteiger partial charge in [-0.2, -0.15) is 0 Å². The third kappa shape index (κ3) is 68.1. The summed E-state index contributed by atoms with van der Waals surface area (Å²) in [5, 5.41) is 10.6. The lowest BCUT2D eigenvalue weighted by Gasteiger charge is -2.21. The SMILES string of the molecule is CCCCCC/C=C\C=C/CCCCCCCC(=O)O[C@H](COC(=O)CCCCCCCCCCCCCCCCC)COP(=O)(O)OC[C@@H](O)COP(=O)(O)OC[C@@H](COC(=O)CCCCCCCCCCC)OC(=O)CCCCCCCCCCCCCCCCC. The van der Waals surface area contributed by atoms with E-state index >= 15 is 0 Å². The second kappa shape index (κ2) is 69.0. The maximum atomic E-state index is 13.1. The van der Waals surface area contributed by atoms with Gasteiger partial charge in [0, 0.05) is 25.7 Å². The molecule has 0 amide bonds. The van der Waals surface area contributed by atoms with Crippen molar-refractivity contribution in [2.75, 3.05) is 39.6 Å². The Labute approximate surface area is 573 Å². The smallest absolute Gasteiger partial charge is 0.462 e. The molecule has 554 valence electrons. The standard InChI is InChI=1S/C75H142O17P2/c1-5-9-13-17-21-25-28-31-34-37-40-44-48-52-56-60-73(78)86-66-71(92-75(80)62-58-54-50-46-42-39-36-33-30-27-23-19-15-11-7-3)68-90-94(83,84)88-64-69(76)63-87-93(81,82)89-67-70(65-85-72(77)59-55-51-47-43-24-20-16-12-8-4)91-74(79)61-57-53-49-45-41-38-35-32-29-26-22-18-14-10-6-2/h27,30,33,36,69-71,76H,5-26,28-29,31-32,34-35,37-68H2,1-4H3,(H,81,82)(H,83,84)/b30-27-,36-33-/t69-,70+,71+/m0/s1. The number of aliphatic hydroxyl groups is 1. The number of unbranched alkanes of at least 4 members (excludes halogenated alkanes) is 45. The zero-order valence-electron chi connectivity index (χ0n) is 60.4. The van der Waals surface area contributed by atoms with Gasteiger partial charge >= 0.3 is 39.5 Å². The van der Waals surface area contributed by atoms with Crippen LogP contribution in [0.4, 0.5) is 0 Å². The summed E-state index contributed by atoms with van der Waals surface area (Å²) in [6.45, 7) is 4.91. The topological polar surface area (TPSA) is 237 Å². The van der Waals surface area contributed by atoms with Crippen molar-refractivity contribution < 1.29 is 80.2 Å². The number of carbonyl (C=O) groups is 4. The number of phosphoric ester groups is 2. The number of allylic oxidation sites excluding steroid dienone is 4. The lowest BCUT2D eigenvalue weighted by atomic mass is 10.0. The van der Waals surface area contributed by atoms with Gasteiger partial charge in [-0.3, -0.25) is 37.3 Å². The van der Waals surface area contributed by atoms with Gasteiger partial charge in [-0.15, -0.1) is 0 Å². The fourth-order valence-electron chi connectivity index (χ4n) is 11.0. The summed E-state index contributed by atoms with van der Waals surface area (Å²) in [6.07, 6.45) is 61.7. The summed E-state index contributed by atoms with van der Waals surface area (Å²) >= 11 is 0. The van der Waals surface area contributed by atoms with Crippen LogP contribution < -0.4 is 0 Å². The Morgan fingerprint density at radius 3 is 0.777 bits per heavy atom. The van der Waals surface area contributed by atoms with E-state index in [1.54, 1.807) is 0 Å². The molecule has 0 spiro atoms. The van der Waals surface area contributed by atoms with Gasteiger partial charge in [-0.25, -0.2) is 9.13 Å². The predicted octanol–water partition coefficient (Wildman–Crippen LogP) is 21.8.